The highest BCUT2D eigenvalue weighted by Crippen LogP contribution is 2.43. The standard InChI is InChI=1S/C23H31N3O2/c27-22-23(28)26(21-11-7-6-10-20(21)24-22)19-14-17-12-13-18(15-19)25(17)16-8-4-2-1-3-5-9-16/h6-7,10-11,16-19H,1-5,8-9,12-15H2,(H,24,27)/t17-,18+,19-. The van der Waals surface area contributed by atoms with E-state index in [1.54, 1.807) is 0 Å². The van der Waals surface area contributed by atoms with Gasteiger partial charge in [-0.2, -0.15) is 0 Å². The van der Waals surface area contributed by atoms with Gasteiger partial charge in [0.05, 0.1) is 11.0 Å². The minimum Gasteiger partial charge on any atom is -0.316 e. The number of nitrogens with zero attached hydrogens (tertiary/aromatic N) is 2. The second-order valence-electron chi connectivity index (χ2n) is 9.10. The molecule has 1 aromatic carbocycles. The maximum absolute atomic E-state index is 12.8. The Labute approximate surface area is 165 Å². The highest BCUT2D eigenvalue weighted by atomic mass is 16.2. The molecule has 2 aromatic rings. The van der Waals surface area contributed by atoms with Crippen molar-refractivity contribution in [3.05, 3.63) is 45.0 Å². The Morgan fingerprint density at radius 2 is 1.39 bits per heavy atom. The van der Waals surface area contributed by atoms with Crippen molar-refractivity contribution in [2.45, 2.75) is 94.8 Å². The number of hydrogen-bond acceptors (Lipinski definition) is 3. The van der Waals surface area contributed by atoms with Crippen LogP contribution in [-0.2, 0) is 0 Å². The molecule has 0 amide bonds. The van der Waals surface area contributed by atoms with E-state index in [9.17, 15) is 9.59 Å². The molecule has 1 aromatic heterocycles. The zero-order valence-electron chi connectivity index (χ0n) is 16.6. The van der Waals surface area contributed by atoms with Gasteiger partial charge >= 0.3 is 11.1 Å². The Morgan fingerprint density at radius 1 is 0.750 bits per heavy atom. The van der Waals surface area contributed by atoms with E-state index in [1.165, 1.54) is 57.8 Å². The van der Waals surface area contributed by atoms with Crippen molar-refractivity contribution in [2.24, 2.45) is 0 Å². The van der Waals surface area contributed by atoms with Crippen LogP contribution in [0.2, 0.25) is 0 Å². The Bertz CT molecular complexity index is 940. The van der Waals surface area contributed by atoms with Gasteiger partial charge in [-0.25, -0.2) is 0 Å². The largest absolute Gasteiger partial charge is 0.316 e. The smallest absolute Gasteiger partial charge is 0.316 e. The second-order valence-corrected chi connectivity index (χ2v) is 9.10. The number of hydrogen-bond donors (Lipinski definition) is 1. The number of benzene rings is 1. The maximum Gasteiger partial charge on any atom is 0.316 e. The Morgan fingerprint density at radius 3 is 2.11 bits per heavy atom. The fourth-order valence-electron chi connectivity index (χ4n) is 6.27. The first-order valence-electron chi connectivity index (χ1n) is 11.2. The summed E-state index contributed by atoms with van der Waals surface area (Å²) >= 11 is 0. The van der Waals surface area contributed by atoms with Gasteiger partial charge in [-0.1, -0.05) is 44.2 Å². The summed E-state index contributed by atoms with van der Waals surface area (Å²) in [5, 5.41) is 0. The summed E-state index contributed by atoms with van der Waals surface area (Å²) in [6, 6.07) is 9.73. The van der Waals surface area contributed by atoms with E-state index in [0.29, 0.717) is 12.1 Å². The summed E-state index contributed by atoms with van der Waals surface area (Å²) in [4.78, 5) is 30.6. The third-order valence-electron chi connectivity index (χ3n) is 7.45. The van der Waals surface area contributed by atoms with E-state index in [1.807, 2.05) is 28.8 Å². The average molecular weight is 382 g/mol. The third-order valence-corrected chi connectivity index (χ3v) is 7.45. The molecule has 1 saturated carbocycles. The van der Waals surface area contributed by atoms with Crippen molar-refractivity contribution in [2.75, 3.05) is 0 Å². The van der Waals surface area contributed by atoms with Crippen molar-refractivity contribution >= 4 is 11.0 Å². The molecular weight excluding hydrogens is 350 g/mol. The van der Waals surface area contributed by atoms with Crippen molar-refractivity contribution < 1.29 is 0 Å². The van der Waals surface area contributed by atoms with Crippen LogP contribution in [0.3, 0.4) is 0 Å². The molecule has 28 heavy (non-hydrogen) atoms. The number of fused-ring (bicyclic) bond motifs is 3. The maximum atomic E-state index is 12.8. The van der Waals surface area contributed by atoms with Crippen LogP contribution in [0.1, 0.15) is 76.7 Å². The molecule has 5 nitrogen and oxygen atoms in total. The van der Waals surface area contributed by atoms with Crippen molar-refractivity contribution in [3.63, 3.8) is 0 Å². The van der Waals surface area contributed by atoms with Gasteiger partial charge in [0, 0.05) is 24.2 Å². The summed E-state index contributed by atoms with van der Waals surface area (Å²) in [5.41, 5.74) is 0.758. The molecule has 0 spiro atoms. The first-order valence-corrected chi connectivity index (χ1v) is 11.2. The third kappa shape index (κ3) is 3.14. The zero-order chi connectivity index (χ0) is 19.1. The summed E-state index contributed by atoms with van der Waals surface area (Å²) in [6.07, 6.45) is 14.1. The summed E-state index contributed by atoms with van der Waals surface area (Å²) in [5.74, 6) is 0. The highest BCUT2D eigenvalue weighted by Gasteiger charge is 2.44. The molecule has 0 radical (unpaired) electrons. The number of nitrogens with one attached hydrogen (secondary N) is 1. The molecule has 3 aliphatic rings. The van der Waals surface area contributed by atoms with E-state index >= 15 is 0 Å². The Hall–Kier alpha value is -1.88. The molecule has 1 N–H and O–H groups in total. The first kappa shape index (κ1) is 18.2. The van der Waals surface area contributed by atoms with Crippen LogP contribution in [0.15, 0.2) is 33.9 Å². The molecule has 2 saturated heterocycles. The molecule has 3 heterocycles. The first-order chi connectivity index (χ1) is 13.7. The number of aromatic nitrogens is 2. The highest BCUT2D eigenvalue weighted by molar-refractivity contribution is 5.74. The monoisotopic (exact) mass is 381 g/mol. The number of para-hydroxylation sites is 2. The van der Waals surface area contributed by atoms with Gasteiger partial charge in [0.25, 0.3) is 0 Å². The minimum absolute atomic E-state index is 0.141. The number of rotatable bonds is 2. The minimum atomic E-state index is -0.492. The van der Waals surface area contributed by atoms with Crippen LogP contribution in [0.5, 0.6) is 0 Å². The predicted molar refractivity (Wildman–Crippen MR) is 112 cm³/mol. The van der Waals surface area contributed by atoms with Crippen LogP contribution in [0, 0.1) is 0 Å². The van der Waals surface area contributed by atoms with Crippen LogP contribution in [-0.4, -0.2) is 32.6 Å². The van der Waals surface area contributed by atoms with Gasteiger partial charge in [0.2, 0.25) is 0 Å². The van der Waals surface area contributed by atoms with Gasteiger partial charge < -0.3 is 4.98 Å². The molecule has 1 aliphatic carbocycles. The predicted octanol–water partition coefficient (Wildman–Crippen LogP) is 3.97. The van der Waals surface area contributed by atoms with E-state index < -0.39 is 5.56 Å². The van der Waals surface area contributed by atoms with Gasteiger partial charge in [-0.15, -0.1) is 0 Å². The molecule has 150 valence electrons. The molecule has 2 bridgehead atoms. The quantitative estimate of drug-likeness (QED) is 0.801. The number of H-pyrrole nitrogens is 1. The lowest BCUT2D eigenvalue weighted by Gasteiger charge is -2.44. The van der Waals surface area contributed by atoms with Crippen molar-refractivity contribution in [1.82, 2.24) is 14.5 Å². The lowest BCUT2D eigenvalue weighted by molar-refractivity contribution is 0.0497. The van der Waals surface area contributed by atoms with Crippen LogP contribution >= 0.6 is 0 Å². The molecule has 3 fully saturated rings. The summed E-state index contributed by atoms with van der Waals surface area (Å²) in [6.45, 7) is 0. The number of piperidine rings is 1. The lowest BCUT2D eigenvalue weighted by atomic mass is 9.89. The van der Waals surface area contributed by atoms with E-state index in [-0.39, 0.29) is 11.6 Å². The van der Waals surface area contributed by atoms with E-state index in [2.05, 4.69) is 9.88 Å². The van der Waals surface area contributed by atoms with Gasteiger partial charge in [0.1, 0.15) is 0 Å². The molecule has 0 unspecified atom stereocenters. The van der Waals surface area contributed by atoms with Crippen molar-refractivity contribution in [1.29, 1.82) is 0 Å². The molecular formula is C23H31N3O2. The lowest BCUT2D eigenvalue weighted by Crippen LogP contribution is -2.51. The Kier molecular flexibility index (Phi) is 4.87. The fraction of sp³-hybridized carbons (Fsp3) is 0.652. The average Bonchev–Trinajstić information content (AvgIpc) is 2.92. The van der Waals surface area contributed by atoms with Crippen molar-refractivity contribution in [3.8, 4) is 0 Å². The molecule has 5 heteroatoms. The zero-order valence-corrected chi connectivity index (χ0v) is 16.6. The summed E-state index contributed by atoms with van der Waals surface area (Å²) in [7, 11) is 0. The molecule has 5 rings (SSSR count). The SMILES string of the molecule is O=c1[nH]c2ccccc2n([C@@H]2C[C@H]3CC[C@@H](C2)N3C2CCCCCCC2)c1=O. The molecule has 2 aliphatic heterocycles. The molecule has 3 atom stereocenters. The van der Waals surface area contributed by atoms with Crippen LogP contribution in [0.4, 0.5) is 0 Å². The van der Waals surface area contributed by atoms with E-state index in [0.717, 1.165) is 29.9 Å². The van der Waals surface area contributed by atoms with Gasteiger partial charge in [-0.05, 0) is 50.7 Å². The summed E-state index contributed by atoms with van der Waals surface area (Å²) < 4.78 is 1.81. The van der Waals surface area contributed by atoms with Gasteiger partial charge in [0.15, 0.2) is 0 Å². The van der Waals surface area contributed by atoms with Crippen LogP contribution in [0.25, 0.3) is 11.0 Å². The van der Waals surface area contributed by atoms with Gasteiger partial charge in [-0.3, -0.25) is 19.1 Å². The topological polar surface area (TPSA) is 58.1 Å². The normalized spacial score (nSPS) is 29.6. The number of aromatic amines is 1. The van der Waals surface area contributed by atoms with E-state index in [4.69, 9.17) is 0 Å². The van der Waals surface area contributed by atoms with Crippen LogP contribution < -0.4 is 11.1 Å². The fourth-order valence-corrected chi connectivity index (χ4v) is 6.27. The second kappa shape index (κ2) is 7.51. The Balaban J connectivity index is 1.45.